The average molecular weight is 210 g/mol. The SMILES string of the molecule is CC(C)NCc1ncnn1C1CCOC1. The van der Waals surface area contributed by atoms with Crippen molar-refractivity contribution >= 4 is 0 Å². The van der Waals surface area contributed by atoms with Crippen LogP contribution in [0.1, 0.15) is 32.1 Å². The fourth-order valence-corrected chi connectivity index (χ4v) is 1.72. The van der Waals surface area contributed by atoms with E-state index in [1.165, 1.54) is 0 Å². The molecule has 84 valence electrons. The van der Waals surface area contributed by atoms with Crippen LogP contribution in [0.15, 0.2) is 6.33 Å². The Morgan fingerprint density at radius 2 is 2.53 bits per heavy atom. The van der Waals surface area contributed by atoms with Crippen LogP contribution in [-0.4, -0.2) is 34.0 Å². The minimum absolute atomic E-state index is 0.372. The Hall–Kier alpha value is -0.940. The Labute approximate surface area is 89.8 Å². The molecule has 1 unspecified atom stereocenters. The van der Waals surface area contributed by atoms with Crippen molar-refractivity contribution in [3.63, 3.8) is 0 Å². The van der Waals surface area contributed by atoms with Gasteiger partial charge in [0.25, 0.3) is 0 Å². The van der Waals surface area contributed by atoms with Gasteiger partial charge >= 0.3 is 0 Å². The fourth-order valence-electron chi connectivity index (χ4n) is 1.72. The Morgan fingerprint density at radius 1 is 1.67 bits per heavy atom. The molecule has 0 aliphatic carbocycles. The van der Waals surface area contributed by atoms with Gasteiger partial charge < -0.3 is 10.1 Å². The Balaban J connectivity index is 2.01. The predicted octanol–water partition coefficient (Wildman–Crippen LogP) is 0.737. The molecule has 1 aromatic rings. The molecule has 0 amide bonds. The molecule has 1 saturated heterocycles. The summed E-state index contributed by atoms with van der Waals surface area (Å²) in [5.41, 5.74) is 0. The Bertz CT molecular complexity index is 304. The van der Waals surface area contributed by atoms with E-state index < -0.39 is 0 Å². The van der Waals surface area contributed by atoms with Crippen LogP contribution in [0.25, 0.3) is 0 Å². The van der Waals surface area contributed by atoms with Crippen molar-refractivity contribution in [2.24, 2.45) is 0 Å². The molecule has 1 fully saturated rings. The number of nitrogens with one attached hydrogen (secondary N) is 1. The van der Waals surface area contributed by atoms with Crippen LogP contribution in [0.5, 0.6) is 0 Å². The number of nitrogens with zero attached hydrogens (tertiary/aromatic N) is 3. The van der Waals surface area contributed by atoms with Crippen molar-refractivity contribution in [1.82, 2.24) is 20.1 Å². The van der Waals surface area contributed by atoms with E-state index in [1.54, 1.807) is 6.33 Å². The molecular weight excluding hydrogens is 192 g/mol. The number of hydrogen-bond donors (Lipinski definition) is 1. The highest BCUT2D eigenvalue weighted by molar-refractivity contribution is 4.88. The van der Waals surface area contributed by atoms with Crippen molar-refractivity contribution in [1.29, 1.82) is 0 Å². The second kappa shape index (κ2) is 4.72. The van der Waals surface area contributed by atoms with E-state index in [-0.39, 0.29) is 0 Å². The summed E-state index contributed by atoms with van der Waals surface area (Å²) in [5.74, 6) is 0.999. The van der Waals surface area contributed by atoms with Gasteiger partial charge in [-0.2, -0.15) is 5.10 Å². The zero-order valence-electron chi connectivity index (χ0n) is 9.31. The van der Waals surface area contributed by atoms with Crippen molar-refractivity contribution in [2.75, 3.05) is 13.2 Å². The molecule has 5 nitrogen and oxygen atoms in total. The molecule has 15 heavy (non-hydrogen) atoms. The number of rotatable bonds is 4. The first kappa shape index (κ1) is 10.6. The minimum Gasteiger partial charge on any atom is -0.379 e. The molecule has 1 aliphatic rings. The summed E-state index contributed by atoms with van der Waals surface area (Å²) in [6.07, 6.45) is 2.66. The molecule has 0 spiro atoms. The normalized spacial score (nSPS) is 21.4. The first-order valence-electron chi connectivity index (χ1n) is 5.47. The molecule has 0 radical (unpaired) electrons. The van der Waals surface area contributed by atoms with Crippen molar-refractivity contribution in [3.05, 3.63) is 12.2 Å². The van der Waals surface area contributed by atoms with E-state index in [9.17, 15) is 0 Å². The van der Waals surface area contributed by atoms with E-state index in [4.69, 9.17) is 4.74 Å². The smallest absolute Gasteiger partial charge is 0.141 e. The van der Waals surface area contributed by atoms with Gasteiger partial charge in [-0.05, 0) is 6.42 Å². The highest BCUT2D eigenvalue weighted by atomic mass is 16.5. The minimum atomic E-state index is 0.372. The second-order valence-corrected chi connectivity index (χ2v) is 4.17. The topological polar surface area (TPSA) is 52.0 Å². The fraction of sp³-hybridized carbons (Fsp3) is 0.800. The third-order valence-electron chi connectivity index (χ3n) is 2.57. The Kier molecular flexibility index (Phi) is 3.33. The predicted molar refractivity (Wildman–Crippen MR) is 56.5 cm³/mol. The van der Waals surface area contributed by atoms with Gasteiger partial charge in [0.15, 0.2) is 0 Å². The molecule has 2 heterocycles. The first-order chi connectivity index (χ1) is 7.27. The van der Waals surface area contributed by atoms with Gasteiger partial charge in [-0.15, -0.1) is 0 Å². The van der Waals surface area contributed by atoms with Crippen LogP contribution in [0.4, 0.5) is 0 Å². The number of hydrogen-bond acceptors (Lipinski definition) is 4. The van der Waals surface area contributed by atoms with E-state index >= 15 is 0 Å². The molecular formula is C10H18N4O. The first-order valence-corrected chi connectivity index (χ1v) is 5.47. The van der Waals surface area contributed by atoms with Crippen molar-refractivity contribution < 1.29 is 4.74 Å². The van der Waals surface area contributed by atoms with E-state index in [1.807, 2.05) is 4.68 Å². The zero-order chi connectivity index (χ0) is 10.7. The standard InChI is InChI=1S/C10H18N4O/c1-8(2)11-5-10-12-7-13-14(10)9-3-4-15-6-9/h7-9,11H,3-6H2,1-2H3. The Morgan fingerprint density at radius 3 is 3.20 bits per heavy atom. The number of ether oxygens (including phenoxy) is 1. The van der Waals surface area contributed by atoms with E-state index in [0.29, 0.717) is 12.1 Å². The molecule has 1 aliphatic heterocycles. The summed E-state index contributed by atoms with van der Waals surface area (Å²) < 4.78 is 7.34. The lowest BCUT2D eigenvalue weighted by Gasteiger charge is -2.13. The second-order valence-electron chi connectivity index (χ2n) is 4.17. The van der Waals surface area contributed by atoms with Crippen LogP contribution < -0.4 is 5.32 Å². The van der Waals surface area contributed by atoms with Gasteiger partial charge in [0.05, 0.1) is 19.2 Å². The molecule has 0 bridgehead atoms. The molecule has 1 aromatic heterocycles. The number of aromatic nitrogens is 3. The molecule has 1 atom stereocenters. The van der Waals surface area contributed by atoms with Crippen LogP contribution in [0.2, 0.25) is 0 Å². The third kappa shape index (κ3) is 2.54. The highest BCUT2D eigenvalue weighted by Gasteiger charge is 2.20. The maximum Gasteiger partial charge on any atom is 0.141 e. The third-order valence-corrected chi connectivity index (χ3v) is 2.57. The van der Waals surface area contributed by atoms with Gasteiger partial charge in [-0.1, -0.05) is 13.8 Å². The summed E-state index contributed by atoms with van der Waals surface area (Å²) in [7, 11) is 0. The monoisotopic (exact) mass is 210 g/mol. The highest BCUT2D eigenvalue weighted by Crippen LogP contribution is 2.18. The quantitative estimate of drug-likeness (QED) is 0.796. The molecule has 2 rings (SSSR count). The zero-order valence-corrected chi connectivity index (χ0v) is 9.31. The van der Waals surface area contributed by atoms with Gasteiger partial charge in [-0.25, -0.2) is 9.67 Å². The van der Waals surface area contributed by atoms with E-state index in [0.717, 1.165) is 32.0 Å². The molecule has 0 saturated carbocycles. The van der Waals surface area contributed by atoms with Crippen LogP contribution in [-0.2, 0) is 11.3 Å². The molecule has 1 N–H and O–H groups in total. The van der Waals surface area contributed by atoms with Gasteiger partial charge in [0.2, 0.25) is 0 Å². The lowest BCUT2D eigenvalue weighted by molar-refractivity contribution is 0.183. The average Bonchev–Trinajstić information content (AvgIpc) is 2.85. The van der Waals surface area contributed by atoms with Crippen molar-refractivity contribution in [3.8, 4) is 0 Å². The summed E-state index contributed by atoms with van der Waals surface area (Å²) >= 11 is 0. The molecule has 5 heteroatoms. The van der Waals surface area contributed by atoms with Crippen LogP contribution in [0, 0.1) is 0 Å². The maximum absolute atomic E-state index is 5.35. The van der Waals surface area contributed by atoms with Crippen LogP contribution >= 0.6 is 0 Å². The molecule has 0 aromatic carbocycles. The van der Waals surface area contributed by atoms with Gasteiger partial charge in [0.1, 0.15) is 12.2 Å². The van der Waals surface area contributed by atoms with Crippen LogP contribution in [0.3, 0.4) is 0 Å². The van der Waals surface area contributed by atoms with Gasteiger partial charge in [0, 0.05) is 12.6 Å². The summed E-state index contributed by atoms with van der Waals surface area (Å²) in [5, 5.41) is 7.61. The lowest BCUT2D eigenvalue weighted by atomic mass is 10.2. The summed E-state index contributed by atoms with van der Waals surface area (Å²) in [6, 6.07) is 0.839. The maximum atomic E-state index is 5.35. The lowest BCUT2D eigenvalue weighted by Crippen LogP contribution is -2.25. The summed E-state index contributed by atoms with van der Waals surface area (Å²) in [4.78, 5) is 4.27. The van der Waals surface area contributed by atoms with E-state index in [2.05, 4.69) is 29.2 Å². The largest absolute Gasteiger partial charge is 0.379 e. The summed E-state index contributed by atoms with van der Waals surface area (Å²) in [6.45, 7) is 6.62. The van der Waals surface area contributed by atoms with Gasteiger partial charge in [-0.3, -0.25) is 0 Å². The van der Waals surface area contributed by atoms with Crippen molar-refractivity contribution in [2.45, 2.75) is 38.9 Å².